The molecule has 0 amide bonds. The first kappa shape index (κ1) is 18.3. The minimum atomic E-state index is 0.106. The predicted octanol–water partition coefficient (Wildman–Crippen LogP) is 3.23. The second-order valence-corrected chi connectivity index (χ2v) is 8.22. The standard InChI is InChI=1S/C23H27N5O/c29-23-21-8-7-20(14-22(21)25-17-28(23)19-5-1-2-6-19)27-12-10-26(11-13-27)16-18-4-3-9-24-15-18/h3-4,7-9,14-15,17,19H,1-2,5-6,10-13,16H2. The average molecular weight is 390 g/mol. The van der Waals surface area contributed by atoms with Crippen LogP contribution in [-0.2, 0) is 6.54 Å². The van der Waals surface area contributed by atoms with Gasteiger partial charge in [0.1, 0.15) is 0 Å². The largest absolute Gasteiger partial charge is 0.369 e. The Kier molecular flexibility index (Phi) is 5.02. The number of benzene rings is 1. The first-order valence-corrected chi connectivity index (χ1v) is 10.6. The molecule has 1 aromatic carbocycles. The van der Waals surface area contributed by atoms with Gasteiger partial charge in [-0.2, -0.15) is 0 Å². The van der Waals surface area contributed by atoms with Crippen LogP contribution in [0.25, 0.3) is 10.9 Å². The minimum Gasteiger partial charge on any atom is -0.369 e. The van der Waals surface area contributed by atoms with E-state index in [1.807, 2.05) is 29.1 Å². The van der Waals surface area contributed by atoms with Crippen molar-refractivity contribution in [3.63, 3.8) is 0 Å². The van der Waals surface area contributed by atoms with Crippen molar-refractivity contribution in [2.45, 2.75) is 38.3 Å². The molecule has 1 saturated carbocycles. The van der Waals surface area contributed by atoms with Gasteiger partial charge in [0.15, 0.2) is 0 Å². The zero-order valence-corrected chi connectivity index (χ0v) is 16.7. The van der Waals surface area contributed by atoms with Crippen LogP contribution in [0.1, 0.15) is 37.3 Å². The first-order chi connectivity index (χ1) is 14.3. The fourth-order valence-electron chi connectivity index (χ4n) is 4.68. The highest BCUT2D eigenvalue weighted by molar-refractivity contribution is 5.81. The Morgan fingerprint density at radius 1 is 1.03 bits per heavy atom. The zero-order chi connectivity index (χ0) is 19.6. The SMILES string of the molecule is O=c1c2ccc(N3CCN(Cc4cccnc4)CC3)cc2ncn1C1CCCC1. The summed E-state index contributed by atoms with van der Waals surface area (Å²) in [7, 11) is 0. The van der Waals surface area contributed by atoms with Crippen LogP contribution in [-0.4, -0.2) is 45.6 Å². The van der Waals surface area contributed by atoms with Crippen molar-refractivity contribution in [2.75, 3.05) is 31.1 Å². The van der Waals surface area contributed by atoms with Gasteiger partial charge in [-0.15, -0.1) is 0 Å². The molecule has 5 rings (SSSR count). The van der Waals surface area contributed by atoms with E-state index >= 15 is 0 Å². The highest BCUT2D eigenvalue weighted by Crippen LogP contribution is 2.28. The van der Waals surface area contributed by atoms with Crippen molar-refractivity contribution in [3.8, 4) is 0 Å². The normalized spacial score (nSPS) is 18.6. The number of hydrogen-bond donors (Lipinski definition) is 0. The summed E-state index contributed by atoms with van der Waals surface area (Å²) in [4.78, 5) is 26.6. The quantitative estimate of drug-likeness (QED) is 0.686. The van der Waals surface area contributed by atoms with Gasteiger partial charge in [0.05, 0.1) is 17.2 Å². The molecule has 3 aromatic rings. The van der Waals surface area contributed by atoms with E-state index in [2.05, 4.69) is 38.0 Å². The van der Waals surface area contributed by atoms with Gasteiger partial charge >= 0.3 is 0 Å². The highest BCUT2D eigenvalue weighted by atomic mass is 16.1. The molecule has 150 valence electrons. The van der Waals surface area contributed by atoms with Crippen molar-refractivity contribution < 1.29 is 0 Å². The van der Waals surface area contributed by atoms with Crippen LogP contribution in [0.2, 0.25) is 0 Å². The molecule has 29 heavy (non-hydrogen) atoms. The molecule has 2 aromatic heterocycles. The molecular formula is C23H27N5O. The van der Waals surface area contributed by atoms with Crippen LogP contribution in [0.3, 0.4) is 0 Å². The molecule has 1 saturated heterocycles. The van der Waals surface area contributed by atoms with Gasteiger partial charge in [-0.05, 0) is 42.7 Å². The Bertz CT molecular complexity index is 1030. The van der Waals surface area contributed by atoms with Crippen molar-refractivity contribution in [1.29, 1.82) is 0 Å². The third-order valence-electron chi connectivity index (χ3n) is 6.35. The van der Waals surface area contributed by atoms with Gasteiger partial charge in [-0.25, -0.2) is 4.98 Å². The fraction of sp³-hybridized carbons (Fsp3) is 0.435. The second-order valence-electron chi connectivity index (χ2n) is 8.22. The summed E-state index contributed by atoms with van der Waals surface area (Å²) in [5.41, 5.74) is 3.33. The molecule has 0 N–H and O–H groups in total. The molecule has 0 atom stereocenters. The van der Waals surface area contributed by atoms with Crippen LogP contribution in [0.5, 0.6) is 0 Å². The Hall–Kier alpha value is -2.73. The summed E-state index contributed by atoms with van der Waals surface area (Å²) in [6.45, 7) is 4.94. The topological polar surface area (TPSA) is 54.3 Å². The summed E-state index contributed by atoms with van der Waals surface area (Å²) >= 11 is 0. The number of piperazine rings is 1. The van der Waals surface area contributed by atoms with Gasteiger partial charge in [0.2, 0.25) is 0 Å². The molecule has 0 bridgehead atoms. The summed E-state index contributed by atoms with van der Waals surface area (Å²) in [6.07, 6.45) is 10.1. The zero-order valence-electron chi connectivity index (χ0n) is 16.7. The smallest absolute Gasteiger partial charge is 0.261 e. The lowest BCUT2D eigenvalue weighted by Gasteiger charge is -2.36. The Morgan fingerprint density at radius 2 is 1.86 bits per heavy atom. The van der Waals surface area contributed by atoms with Crippen LogP contribution in [0.15, 0.2) is 53.8 Å². The van der Waals surface area contributed by atoms with Gasteiger partial charge in [0, 0.05) is 56.8 Å². The average Bonchev–Trinajstić information content (AvgIpc) is 3.30. The molecular weight excluding hydrogens is 362 g/mol. The maximum atomic E-state index is 12.9. The van der Waals surface area contributed by atoms with E-state index in [1.165, 1.54) is 18.4 Å². The highest BCUT2D eigenvalue weighted by Gasteiger charge is 2.20. The fourth-order valence-corrected chi connectivity index (χ4v) is 4.68. The monoisotopic (exact) mass is 389 g/mol. The van der Waals surface area contributed by atoms with E-state index in [1.54, 1.807) is 6.33 Å². The molecule has 1 aliphatic heterocycles. The molecule has 0 radical (unpaired) electrons. The van der Waals surface area contributed by atoms with E-state index in [-0.39, 0.29) is 5.56 Å². The third-order valence-corrected chi connectivity index (χ3v) is 6.35. The number of nitrogens with zero attached hydrogens (tertiary/aromatic N) is 5. The van der Waals surface area contributed by atoms with Crippen molar-refractivity contribution in [3.05, 3.63) is 65.0 Å². The van der Waals surface area contributed by atoms with E-state index < -0.39 is 0 Å². The van der Waals surface area contributed by atoms with Gasteiger partial charge in [0.25, 0.3) is 5.56 Å². The lowest BCUT2D eigenvalue weighted by atomic mass is 10.1. The Labute approximate surface area is 170 Å². The van der Waals surface area contributed by atoms with Crippen LogP contribution >= 0.6 is 0 Å². The number of rotatable bonds is 4. The van der Waals surface area contributed by atoms with Crippen molar-refractivity contribution >= 4 is 16.6 Å². The molecule has 2 fully saturated rings. The predicted molar refractivity (Wildman–Crippen MR) is 115 cm³/mol. The number of fused-ring (bicyclic) bond motifs is 1. The maximum absolute atomic E-state index is 12.9. The number of aromatic nitrogens is 3. The van der Waals surface area contributed by atoms with Gasteiger partial charge < -0.3 is 4.90 Å². The first-order valence-electron chi connectivity index (χ1n) is 10.6. The summed E-state index contributed by atoms with van der Waals surface area (Å²) in [6, 6.07) is 10.6. The van der Waals surface area contributed by atoms with E-state index in [0.29, 0.717) is 6.04 Å². The lowest BCUT2D eigenvalue weighted by molar-refractivity contribution is 0.249. The molecule has 6 nitrogen and oxygen atoms in total. The minimum absolute atomic E-state index is 0.106. The van der Waals surface area contributed by atoms with Crippen LogP contribution in [0, 0.1) is 0 Å². The number of anilines is 1. The second kappa shape index (κ2) is 7.95. The number of hydrogen-bond acceptors (Lipinski definition) is 5. The van der Waals surface area contributed by atoms with E-state index in [9.17, 15) is 4.79 Å². The van der Waals surface area contributed by atoms with Crippen molar-refractivity contribution in [2.24, 2.45) is 0 Å². The Balaban J connectivity index is 1.30. The van der Waals surface area contributed by atoms with E-state index in [0.717, 1.165) is 62.2 Å². The molecule has 2 aliphatic rings. The molecule has 3 heterocycles. The molecule has 0 spiro atoms. The maximum Gasteiger partial charge on any atom is 0.261 e. The van der Waals surface area contributed by atoms with Gasteiger partial charge in [-0.3, -0.25) is 19.2 Å². The lowest BCUT2D eigenvalue weighted by Crippen LogP contribution is -2.46. The summed E-state index contributed by atoms with van der Waals surface area (Å²) < 4.78 is 1.85. The molecule has 1 aliphatic carbocycles. The Morgan fingerprint density at radius 3 is 2.62 bits per heavy atom. The van der Waals surface area contributed by atoms with Crippen molar-refractivity contribution in [1.82, 2.24) is 19.4 Å². The van der Waals surface area contributed by atoms with Gasteiger partial charge in [-0.1, -0.05) is 18.9 Å². The molecule has 0 unspecified atom stereocenters. The van der Waals surface area contributed by atoms with E-state index in [4.69, 9.17) is 0 Å². The molecule has 6 heteroatoms. The summed E-state index contributed by atoms with van der Waals surface area (Å²) in [5.74, 6) is 0. The van der Waals surface area contributed by atoms with Crippen LogP contribution in [0.4, 0.5) is 5.69 Å². The number of pyridine rings is 1. The summed E-state index contributed by atoms with van der Waals surface area (Å²) in [5, 5.41) is 0.735. The third kappa shape index (κ3) is 3.77. The van der Waals surface area contributed by atoms with Crippen LogP contribution < -0.4 is 10.5 Å².